The molecule has 0 unspecified atom stereocenters. The van der Waals surface area contributed by atoms with Crippen LogP contribution in [0.3, 0.4) is 0 Å². The molecule has 3 N–H and O–H groups in total. The number of halogens is 2. The number of amides is 2. The van der Waals surface area contributed by atoms with Crippen LogP contribution < -0.4 is 11.2 Å². The molecule has 2 aromatic carbocycles. The lowest BCUT2D eigenvalue weighted by atomic mass is 10.2. The number of hydrogen-bond acceptors (Lipinski definition) is 2. The van der Waals surface area contributed by atoms with Crippen molar-refractivity contribution in [2.75, 3.05) is 5.32 Å². The Morgan fingerprint density at radius 3 is 2.55 bits per heavy atom. The van der Waals surface area contributed by atoms with E-state index in [2.05, 4.69) is 5.32 Å². The third kappa shape index (κ3) is 3.87. The molecule has 2 amide bonds. The Morgan fingerprint density at radius 2 is 1.85 bits per heavy atom. The van der Waals surface area contributed by atoms with Crippen LogP contribution in [-0.4, -0.2) is 11.0 Å². The Morgan fingerprint density at radius 1 is 1.15 bits per heavy atom. The number of nitrogens with one attached hydrogen (secondary N) is 1. The van der Waals surface area contributed by atoms with E-state index >= 15 is 0 Å². The van der Waals surface area contributed by atoms with Crippen LogP contribution in [0, 0.1) is 0 Å². The van der Waals surface area contributed by atoms with E-state index < -0.39 is 6.03 Å². The average Bonchev–Trinajstić information content (AvgIpc) is 2.44. The molecule has 2 rings (SSSR count). The predicted molar refractivity (Wildman–Crippen MR) is 81.7 cm³/mol. The first-order valence-electron chi connectivity index (χ1n) is 5.88. The topological polar surface area (TPSA) is 58.4 Å². The molecule has 0 aliphatic rings. The van der Waals surface area contributed by atoms with Gasteiger partial charge in [0.05, 0.1) is 17.3 Å². The van der Waals surface area contributed by atoms with Crippen molar-refractivity contribution in [3.8, 4) is 0 Å². The Bertz CT molecular complexity index is 605. The lowest BCUT2D eigenvalue weighted by molar-refractivity contribution is 0.210. The van der Waals surface area contributed by atoms with Crippen LogP contribution in [0.5, 0.6) is 0 Å². The number of carbonyl (C=O) groups is 1. The lowest BCUT2D eigenvalue weighted by Gasteiger charge is -2.18. The first-order chi connectivity index (χ1) is 9.56. The Kier molecular flexibility index (Phi) is 4.84. The maximum Gasteiger partial charge on any atom is 0.336 e. The molecule has 0 heterocycles. The summed E-state index contributed by atoms with van der Waals surface area (Å²) in [5.74, 6) is 5.73. The summed E-state index contributed by atoms with van der Waals surface area (Å²) in [4.78, 5) is 12.0. The fraction of sp³-hybridized carbons (Fsp3) is 0.0714. The summed E-state index contributed by atoms with van der Waals surface area (Å²) in [6.45, 7) is 0.296. The molecule has 0 bridgehead atoms. The minimum Gasteiger partial charge on any atom is -0.305 e. The van der Waals surface area contributed by atoms with Crippen LogP contribution in [0.1, 0.15) is 5.56 Å². The van der Waals surface area contributed by atoms with Crippen LogP contribution in [0.2, 0.25) is 10.0 Å². The molecule has 0 aliphatic heterocycles. The number of nitrogens with zero attached hydrogens (tertiary/aromatic N) is 1. The van der Waals surface area contributed by atoms with Crippen molar-refractivity contribution >= 4 is 34.9 Å². The van der Waals surface area contributed by atoms with Gasteiger partial charge < -0.3 is 5.32 Å². The molecule has 2 aromatic rings. The van der Waals surface area contributed by atoms with E-state index in [4.69, 9.17) is 29.0 Å². The van der Waals surface area contributed by atoms with Crippen LogP contribution >= 0.6 is 23.2 Å². The van der Waals surface area contributed by atoms with Gasteiger partial charge in [0.1, 0.15) is 0 Å². The standard InChI is InChI=1S/C14H13Cl2N3O/c15-11-6-7-12(16)13(8-11)18-14(20)19(17)9-10-4-2-1-3-5-10/h1-8H,9,17H2,(H,18,20). The van der Waals surface area contributed by atoms with Gasteiger partial charge in [-0.2, -0.15) is 0 Å². The zero-order chi connectivity index (χ0) is 14.5. The van der Waals surface area contributed by atoms with Crippen molar-refractivity contribution in [1.29, 1.82) is 0 Å². The molecule has 0 atom stereocenters. The number of carbonyl (C=O) groups excluding carboxylic acids is 1. The number of benzene rings is 2. The molecule has 0 aliphatic carbocycles. The SMILES string of the molecule is NN(Cc1ccccc1)C(=O)Nc1cc(Cl)ccc1Cl. The van der Waals surface area contributed by atoms with Gasteiger partial charge in [-0.25, -0.2) is 10.6 Å². The summed E-state index contributed by atoms with van der Waals surface area (Å²) >= 11 is 11.8. The number of nitrogens with two attached hydrogens (primary N) is 1. The molecule has 0 radical (unpaired) electrons. The number of anilines is 1. The second-order valence-electron chi connectivity index (χ2n) is 4.17. The van der Waals surface area contributed by atoms with Crippen LogP contribution in [0.25, 0.3) is 0 Å². The van der Waals surface area contributed by atoms with Crippen molar-refractivity contribution in [3.63, 3.8) is 0 Å². The quantitative estimate of drug-likeness (QED) is 0.513. The molecule has 4 nitrogen and oxygen atoms in total. The van der Waals surface area contributed by atoms with E-state index in [1.165, 1.54) is 0 Å². The summed E-state index contributed by atoms with van der Waals surface area (Å²) in [6.07, 6.45) is 0. The third-order valence-corrected chi connectivity index (χ3v) is 3.19. The smallest absolute Gasteiger partial charge is 0.305 e. The van der Waals surface area contributed by atoms with Crippen molar-refractivity contribution < 1.29 is 4.79 Å². The first-order valence-corrected chi connectivity index (χ1v) is 6.64. The van der Waals surface area contributed by atoms with Gasteiger partial charge in [-0.3, -0.25) is 5.01 Å². The Balaban J connectivity index is 2.02. The van der Waals surface area contributed by atoms with Crippen LogP contribution in [-0.2, 0) is 6.54 Å². The highest BCUT2D eigenvalue weighted by atomic mass is 35.5. The second kappa shape index (κ2) is 6.61. The van der Waals surface area contributed by atoms with Crippen molar-refractivity contribution in [1.82, 2.24) is 5.01 Å². The summed E-state index contributed by atoms with van der Waals surface area (Å²) in [5.41, 5.74) is 1.36. The Hall–Kier alpha value is -1.75. The fourth-order valence-electron chi connectivity index (χ4n) is 1.63. The highest BCUT2D eigenvalue weighted by Crippen LogP contribution is 2.25. The molecule has 6 heteroatoms. The van der Waals surface area contributed by atoms with E-state index in [0.29, 0.717) is 22.3 Å². The minimum absolute atomic E-state index is 0.296. The largest absolute Gasteiger partial charge is 0.336 e. The normalized spacial score (nSPS) is 10.2. The molecule has 20 heavy (non-hydrogen) atoms. The van der Waals surface area contributed by atoms with E-state index in [1.807, 2.05) is 30.3 Å². The molecule has 0 fully saturated rings. The molecule has 0 spiro atoms. The Labute approximate surface area is 127 Å². The minimum atomic E-state index is -0.460. The zero-order valence-corrected chi connectivity index (χ0v) is 12.0. The van der Waals surface area contributed by atoms with Gasteiger partial charge >= 0.3 is 6.03 Å². The van der Waals surface area contributed by atoms with E-state index in [9.17, 15) is 4.79 Å². The lowest BCUT2D eigenvalue weighted by Crippen LogP contribution is -2.40. The maximum absolute atomic E-state index is 12.0. The first kappa shape index (κ1) is 14.7. The second-order valence-corrected chi connectivity index (χ2v) is 5.01. The highest BCUT2D eigenvalue weighted by Gasteiger charge is 2.12. The van der Waals surface area contributed by atoms with Gasteiger partial charge in [0.15, 0.2) is 0 Å². The predicted octanol–water partition coefficient (Wildman–Crippen LogP) is 3.90. The maximum atomic E-state index is 12.0. The van der Waals surface area contributed by atoms with Crippen LogP contribution in [0.4, 0.5) is 10.5 Å². The summed E-state index contributed by atoms with van der Waals surface area (Å²) in [7, 11) is 0. The molecule has 0 saturated heterocycles. The van der Waals surface area contributed by atoms with Gasteiger partial charge in [-0.15, -0.1) is 0 Å². The number of urea groups is 1. The molecule has 0 aromatic heterocycles. The van der Waals surface area contributed by atoms with Gasteiger partial charge in [0.25, 0.3) is 0 Å². The van der Waals surface area contributed by atoms with E-state index in [1.54, 1.807) is 18.2 Å². The monoisotopic (exact) mass is 309 g/mol. The molecule has 0 saturated carbocycles. The van der Waals surface area contributed by atoms with Gasteiger partial charge in [0.2, 0.25) is 0 Å². The molecular formula is C14H13Cl2N3O. The summed E-state index contributed by atoms with van der Waals surface area (Å²) in [5, 5.41) is 4.57. The highest BCUT2D eigenvalue weighted by molar-refractivity contribution is 6.35. The van der Waals surface area contributed by atoms with Gasteiger partial charge in [-0.1, -0.05) is 53.5 Å². The van der Waals surface area contributed by atoms with Crippen LogP contribution in [0.15, 0.2) is 48.5 Å². The fourth-order valence-corrected chi connectivity index (χ4v) is 1.97. The zero-order valence-electron chi connectivity index (χ0n) is 10.5. The van der Waals surface area contributed by atoms with E-state index in [-0.39, 0.29) is 0 Å². The van der Waals surface area contributed by atoms with Crippen molar-refractivity contribution in [3.05, 3.63) is 64.1 Å². The van der Waals surface area contributed by atoms with Gasteiger partial charge in [0, 0.05) is 5.02 Å². The summed E-state index contributed by atoms with van der Waals surface area (Å²) in [6, 6.07) is 13.8. The number of hydrazine groups is 1. The van der Waals surface area contributed by atoms with Gasteiger partial charge in [-0.05, 0) is 23.8 Å². The van der Waals surface area contributed by atoms with Crippen molar-refractivity contribution in [2.24, 2.45) is 5.84 Å². The van der Waals surface area contributed by atoms with E-state index in [0.717, 1.165) is 10.6 Å². The molecule has 104 valence electrons. The summed E-state index contributed by atoms with van der Waals surface area (Å²) < 4.78 is 0. The molecular weight excluding hydrogens is 297 g/mol. The van der Waals surface area contributed by atoms with Crippen molar-refractivity contribution in [2.45, 2.75) is 6.54 Å². The number of hydrogen-bond donors (Lipinski definition) is 2. The third-order valence-electron chi connectivity index (χ3n) is 2.63. The average molecular weight is 310 g/mol. The number of rotatable bonds is 3.